The van der Waals surface area contributed by atoms with Gasteiger partial charge in [0.05, 0.1) is 11.6 Å². The number of hydrogen-bond acceptors (Lipinski definition) is 0. The minimum Gasteiger partial charge on any atom is -0.218 e. The highest BCUT2D eigenvalue weighted by molar-refractivity contribution is 5.95. The van der Waals surface area contributed by atoms with Gasteiger partial charge in [-0.25, -0.2) is 4.57 Å². The van der Waals surface area contributed by atoms with Crippen LogP contribution in [0.5, 0.6) is 0 Å². The van der Waals surface area contributed by atoms with Gasteiger partial charge in [0, 0.05) is 0 Å². The normalized spacial score (nSPS) is 11.5. The summed E-state index contributed by atoms with van der Waals surface area (Å²) in [4.78, 5) is 0. The number of hydrogen-bond donors (Lipinski definition) is 0. The van der Waals surface area contributed by atoms with E-state index in [1.807, 2.05) is 0 Å². The van der Waals surface area contributed by atoms with E-state index in [0.29, 0.717) is 0 Å². The van der Waals surface area contributed by atoms with Gasteiger partial charge in [-0.2, -0.15) is 4.40 Å². The fourth-order valence-corrected chi connectivity index (χ4v) is 3.61. The molecule has 3 aromatic carbocycles. The third kappa shape index (κ3) is 1.93. The topological polar surface area (TPSA) is 8.29 Å². The van der Waals surface area contributed by atoms with Crippen LogP contribution in [0.4, 0.5) is 0 Å². The largest absolute Gasteiger partial charge is 0.295 e. The summed E-state index contributed by atoms with van der Waals surface area (Å²) in [5.74, 6) is 0. The molecule has 0 radical (unpaired) electrons. The molecule has 2 heterocycles. The van der Waals surface area contributed by atoms with Crippen molar-refractivity contribution < 1.29 is 4.57 Å². The van der Waals surface area contributed by atoms with Gasteiger partial charge in [0.15, 0.2) is 11.0 Å². The minimum absolute atomic E-state index is 0.867. The number of fused-ring (bicyclic) bond motifs is 5. The van der Waals surface area contributed by atoms with Crippen LogP contribution in [0, 0.1) is 0 Å². The molecule has 2 nitrogen and oxygen atoms in total. The maximum absolute atomic E-state index is 2.42. The van der Waals surface area contributed by atoms with Gasteiger partial charge in [-0.3, -0.25) is 0 Å². The van der Waals surface area contributed by atoms with Crippen LogP contribution in [0.2, 0.25) is 0 Å². The van der Waals surface area contributed by atoms with Crippen LogP contribution in [0.15, 0.2) is 91.1 Å². The third-order valence-electron chi connectivity index (χ3n) is 4.70. The molecule has 0 bridgehead atoms. The van der Waals surface area contributed by atoms with E-state index in [9.17, 15) is 0 Å². The van der Waals surface area contributed by atoms with Gasteiger partial charge in [0.2, 0.25) is 0 Å². The predicted molar refractivity (Wildman–Crippen MR) is 98.1 cm³/mol. The molecule has 0 aliphatic rings. The number of pyridine rings is 1. The number of para-hydroxylation sites is 2. The van der Waals surface area contributed by atoms with Crippen molar-refractivity contribution in [3.63, 3.8) is 0 Å². The Hall–Kier alpha value is -3.13. The maximum atomic E-state index is 2.42. The van der Waals surface area contributed by atoms with Gasteiger partial charge in [0.1, 0.15) is 6.54 Å². The van der Waals surface area contributed by atoms with Crippen molar-refractivity contribution in [2.45, 2.75) is 6.54 Å². The molecule has 0 saturated carbocycles. The van der Waals surface area contributed by atoms with Crippen molar-refractivity contribution in [2.75, 3.05) is 0 Å². The lowest BCUT2D eigenvalue weighted by atomic mass is 10.1. The van der Waals surface area contributed by atoms with Crippen LogP contribution in [-0.4, -0.2) is 4.40 Å². The number of benzene rings is 3. The highest BCUT2D eigenvalue weighted by Crippen LogP contribution is 2.23. The number of nitrogens with zero attached hydrogens (tertiary/aromatic N) is 2. The Morgan fingerprint density at radius 3 is 2.38 bits per heavy atom. The monoisotopic (exact) mass is 309 g/mol. The van der Waals surface area contributed by atoms with E-state index in [2.05, 4.69) is 100 Å². The average molecular weight is 309 g/mol. The van der Waals surface area contributed by atoms with Crippen LogP contribution >= 0.6 is 0 Å². The molecule has 0 N–H and O–H groups in total. The van der Waals surface area contributed by atoms with Crippen molar-refractivity contribution in [1.82, 2.24) is 4.40 Å². The smallest absolute Gasteiger partial charge is 0.218 e. The molecule has 0 saturated heterocycles. The van der Waals surface area contributed by atoms with Crippen LogP contribution in [0.25, 0.3) is 27.5 Å². The standard InChI is InChI=1S/C22H17N2/c1-2-8-17(9-3-1)16-24-21-13-7-6-12-20(21)23-15-14-18-10-4-5-11-19(18)22(23)24/h1-15H,16H2/q+1. The third-order valence-corrected chi connectivity index (χ3v) is 4.70. The molecule has 0 aliphatic heterocycles. The minimum atomic E-state index is 0.867. The van der Waals surface area contributed by atoms with Gasteiger partial charge in [0.25, 0.3) is 5.65 Å². The Morgan fingerprint density at radius 1 is 0.708 bits per heavy atom. The lowest BCUT2D eigenvalue weighted by Gasteiger charge is -2.02. The van der Waals surface area contributed by atoms with E-state index in [4.69, 9.17) is 0 Å². The molecule has 0 unspecified atom stereocenters. The second kappa shape index (κ2) is 5.20. The lowest BCUT2D eigenvalue weighted by Crippen LogP contribution is -2.34. The fourth-order valence-electron chi connectivity index (χ4n) is 3.61. The Bertz CT molecular complexity index is 1170. The van der Waals surface area contributed by atoms with Crippen molar-refractivity contribution in [2.24, 2.45) is 0 Å². The molecule has 0 amide bonds. The summed E-state index contributed by atoms with van der Waals surface area (Å²) in [6.07, 6.45) is 2.18. The molecule has 0 aliphatic carbocycles. The zero-order chi connectivity index (χ0) is 15.9. The Kier molecular flexibility index (Phi) is 2.89. The van der Waals surface area contributed by atoms with E-state index in [-0.39, 0.29) is 0 Å². The first-order valence-electron chi connectivity index (χ1n) is 8.26. The first kappa shape index (κ1) is 13.3. The Labute approximate surface area is 140 Å². The summed E-state index contributed by atoms with van der Waals surface area (Å²) in [6, 6.07) is 30.1. The zero-order valence-corrected chi connectivity index (χ0v) is 13.3. The van der Waals surface area contributed by atoms with Crippen molar-refractivity contribution in [3.05, 3.63) is 96.7 Å². The molecule has 5 aromatic rings. The molecule has 5 rings (SSSR count). The fraction of sp³-hybridized carbons (Fsp3) is 0.0455. The van der Waals surface area contributed by atoms with Gasteiger partial charge in [-0.1, -0.05) is 60.7 Å². The highest BCUT2D eigenvalue weighted by atomic mass is 15.1. The molecule has 24 heavy (non-hydrogen) atoms. The van der Waals surface area contributed by atoms with Crippen molar-refractivity contribution in [3.8, 4) is 0 Å². The summed E-state index contributed by atoms with van der Waals surface area (Å²) in [5.41, 5.74) is 5.07. The summed E-state index contributed by atoms with van der Waals surface area (Å²) in [7, 11) is 0. The van der Waals surface area contributed by atoms with E-state index < -0.39 is 0 Å². The van der Waals surface area contributed by atoms with Gasteiger partial charge in [-0.15, -0.1) is 0 Å². The second-order valence-electron chi connectivity index (χ2n) is 6.16. The zero-order valence-electron chi connectivity index (χ0n) is 13.3. The van der Waals surface area contributed by atoms with Crippen molar-refractivity contribution in [1.29, 1.82) is 0 Å². The van der Waals surface area contributed by atoms with Crippen LogP contribution < -0.4 is 4.57 Å². The molecule has 2 heteroatoms. The van der Waals surface area contributed by atoms with Gasteiger partial charge in [-0.05, 0) is 35.2 Å². The Balaban J connectivity index is 1.92. The number of rotatable bonds is 2. The summed E-state index contributed by atoms with van der Waals surface area (Å²) in [5, 5.41) is 2.56. The molecule has 0 spiro atoms. The maximum Gasteiger partial charge on any atom is 0.295 e. The van der Waals surface area contributed by atoms with E-state index in [0.717, 1.165) is 6.54 Å². The molecular formula is C22H17N2+. The van der Waals surface area contributed by atoms with E-state index in [1.165, 1.54) is 33.0 Å². The number of imidazole rings is 1. The molecule has 114 valence electrons. The predicted octanol–water partition coefficient (Wildman–Crippen LogP) is 4.58. The first-order chi connectivity index (χ1) is 11.9. The van der Waals surface area contributed by atoms with Crippen molar-refractivity contribution >= 4 is 27.5 Å². The first-order valence-corrected chi connectivity index (χ1v) is 8.26. The Morgan fingerprint density at radius 2 is 1.46 bits per heavy atom. The SMILES string of the molecule is c1ccc(C[n+]2c3ccccc3n3ccc4ccccc4c32)cc1. The van der Waals surface area contributed by atoms with Crippen LogP contribution in [-0.2, 0) is 6.54 Å². The van der Waals surface area contributed by atoms with Gasteiger partial charge >= 0.3 is 0 Å². The van der Waals surface area contributed by atoms with Gasteiger partial charge < -0.3 is 0 Å². The van der Waals surface area contributed by atoms with E-state index in [1.54, 1.807) is 0 Å². The summed E-state index contributed by atoms with van der Waals surface area (Å²) < 4.78 is 4.73. The average Bonchev–Trinajstić information content (AvgIpc) is 2.97. The molecule has 2 aromatic heterocycles. The molecule has 0 fully saturated rings. The molecular weight excluding hydrogens is 292 g/mol. The summed E-state index contributed by atoms with van der Waals surface area (Å²) in [6.45, 7) is 0.867. The second-order valence-corrected chi connectivity index (χ2v) is 6.16. The van der Waals surface area contributed by atoms with Crippen LogP contribution in [0.1, 0.15) is 5.56 Å². The summed E-state index contributed by atoms with van der Waals surface area (Å²) >= 11 is 0. The molecule has 0 atom stereocenters. The quantitative estimate of drug-likeness (QED) is 0.422. The van der Waals surface area contributed by atoms with Crippen LogP contribution in [0.3, 0.4) is 0 Å². The number of aromatic nitrogens is 2. The highest BCUT2D eigenvalue weighted by Gasteiger charge is 2.21. The van der Waals surface area contributed by atoms with E-state index >= 15 is 0 Å². The lowest BCUT2D eigenvalue weighted by molar-refractivity contribution is -0.635.